The Hall–Kier alpha value is -3.03. The Kier molecular flexibility index (Phi) is 5.65. The first-order valence-corrected chi connectivity index (χ1v) is 11.0. The van der Waals surface area contributed by atoms with Crippen LogP contribution in [0, 0.1) is 12.8 Å². The molecule has 4 rings (SSSR count). The lowest BCUT2D eigenvalue weighted by Gasteiger charge is -2.33. The topological polar surface area (TPSA) is 106 Å². The lowest BCUT2D eigenvalue weighted by Crippen LogP contribution is -2.43. The standard InChI is InChI=1S/C24H29NO7/c1-13-16(10-19(26)25-9-5-6-14(12-25)22(27)28)23(29)31-21-15-7-8-24(2,3)32-17(15)11-18(30-4)20(13)21/h11,14H,5-10,12H2,1-4H3,(H,27,28)/t14-/m1/s1. The van der Waals surface area contributed by atoms with Crippen molar-refractivity contribution in [3.63, 3.8) is 0 Å². The summed E-state index contributed by atoms with van der Waals surface area (Å²) in [5, 5.41) is 9.96. The number of benzene rings is 1. The molecular weight excluding hydrogens is 414 g/mol. The summed E-state index contributed by atoms with van der Waals surface area (Å²) in [4.78, 5) is 38.8. The Balaban J connectivity index is 1.73. The number of aliphatic carboxylic acids is 1. The second-order valence-electron chi connectivity index (χ2n) is 9.31. The maximum Gasteiger partial charge on any atom is 0.340 e. The lowest BCUT2D eigenvalue weighted by atomic mass is 9.91. The zero-order valence-corrected chi connectivity index (χ0v) is 18.9. The van der Waals surface area contributed by atoms with Gasteiger partial charge in [-0.05, 0) is 52.0 Å². The zero-order chi connectivity index (χ0) is 23.2. The van der Waals surface area contributed by atoms with E-state index >= 15 is 0 Å². The first-order chi connectivity index (χ1) is 15.1. The summed E-state index contributed by atoms with van der Waals surface area (Å²) in [6.07, 6.45) is 2.53. The highest BCUT2D eigenvalue weighted by Crippen LogP contribution is 2.43. The van der Waals surface area contributed by atoms with E-state index in [9.17, 15) is 19.5 Å². The van der Waals surface area contributed by atoms with E-state index in [2.05, 4.69) is 0 Å². The summed E-state index contributed by atoms with van der Waals surface area (Å²) in [5.41, 5.74) is 1.30. The van der Waals surface area contributed by atoms with Crippen molar-refractivity contribution in [3.05, 3.63) is 33.2 Å². The van der Waals surface area contributed by atoms with Crippen LogP contribution in [-0.4, -0.2) is 47.7 Å². The first kappa shape index (κ1) is 22.2. The minimum atomic E-state index is -0.899. The Morgan fingerprint density at radius 1 is 1.34 bits per heavy atom. The number of carboxylic acid groups (broad SMARTS) is 1. The molecule has 0 radical (unpaired) electrons. The zero-order valence-electron chi connectivity index (χ0n) is 18.9. The number of rotatable bonds is 4. The maximum absolute atomic E-state index is 12.9. The molecule has 2 aliphatic rings. The number of aryl methyl sites for hydroxylation is 2. The number of carboxylic acids is 1. The van der Waals surface area contributed by atoms with Gasteiger partial charge in [0, 0.05) is 24.7 Å². The number of ether oxygens (including phenoxy) is 2. The van der Waals surface area contributed by atoms with Crippen LogP contribution in [0.15, 0.2) is 15.3 Å². The number of carbonyl (C=O) groups excluding carboxylic acids is 1. The van der Waals surface area contributed by atoms with Gasteiger partial charge in [0.25, 0.3) is 0 Å². The number of carbonyl (C=O) groups is 2. The van der Waals surface area contributed by atoms with Crippen LogP contribution in [0.2, 0.25) is 0 Å². The Morgan fingerprint density at radius 3 is 2.78 bits per heavy atom. The molecule has 8 heteroatoms. The van der Waals surface area contributed by atoms with Crippen LogP contribution < -0.4 is 15.1 Å². The fraction of sp³-hybridized carbons (Fsp3) is 0.542. The molecule has 1 aromatic carbocycles. The van der Waals surface area contributed by atoms with Gasteiger partial charge < -0.3 is 23.9 Å². The Bertz CT molecular complexity index is 1150. The van der Waals surface area contributed by atoms with Gasteiger partial charge in [-0.15, -0.1) is 0 Å². The predicted molar refractivity (Wildman–Crippen MR) is 117 cm³/mol. The molecule has 0 aliphatic carbocycles. The van der Waals surface area contributed by atoms with Gasteiger partial charge in [-0.3, -0.25) is 9.59 Å². The van der Waals surface area contributed by atoms with E-state index in [0.717, 1.165) is 12.0 Å². The SMILES string of the molecule is COc1cc2c(c3oc(=O)c(CC(=O)N4CCC[C@@H](C(=O)O)C4)c(C)c13)CCC(C)(C)O2. The lowest BCUT2D eigenvalue weighted by molar-refractivity contribution is -0.145. The molecule has 1 aromatic heterocycles. The smallest absolute Gasteiger partial charge is 0.340 e. The summed E-state index contributed by atoms with van der Waals surface area (Å²) in [6, 6.07) is 1.82. The number of amides is 1. The van der Waals surface area contributed by atoms with E-state index in [4.69, 9.17) is 13.9 Å². The van der Waals surface area contributed by atoms with Crippen LogP contribution in [0.5, 0.6) is 11.5 Å². The first-order valence-electron chi connectivity index (χ1n) is 11.0. The molecule has 1 N–H and O–H groups in total. The largest absolute Gasteiger partial charge is 0.496 e. The van der Waals surface area contributed by atoms with Crippen LogP contribution in [-0.2, 0) is 22.4 Å². The Labute approximate surface area is 186 Å². The third-order valence-corrected chi connectivity index (χ3v) is 6.61. The van der Waals surface area contributed by atoms with Crippen molar-refractivity contribution in [1.29, 1.82) is 0 Å². The fourth-order valence-corrected chi connectivity index (χ4v) is 4.72. The van der Waals surface area contributed by atoms with Gasteiger partial charge in [-0.2, -0.15) is 0 Å². The number of nitrogens with zero attached hydrogens (tertiary/aromatic N) is 1. The third-order valence-electron chi connectivity index (χ3n) is 6.61. The summed E-state index contributed by atoms with van der Waals surface area (Å²) in [6.45, 7) is 6.47. The molecular formula is C24H29NO7. The number of hydrogen-bond acceptors (Lipinski definition) is 6. The van der Waals surface area contributed by atoms with E-state index in [1.165, 1.54) is 4.90 Å². The highest BCUT2D eigenvalue weighted by atomic mass is 16.5. The molecule has 1 atom stereocenters. The van der Waals surface area contributed by atoms with Crippen LogP contribution in [0.3, 0.4) is 0 Å². The number of fused-ring (bicyclic) bond motifs is 3. The van der Waals surface area contributed by atoms with Gasteiger partial charge in [0.1, 0.15) is 22.7 Å². The highest BCUT2D eigenvalue weighted by Gasteiger charge is 2.32. The van der Waals surface area contributed by atoms with Gasteiger partial charge in [-0.1, -0.05) is 0 Å². The van der Waals surface area contributed by atoms with Crippen molar-refractivity contribution in [2.75, 3.05) is 20.2 Å². The Morgan fingerprint density at radius 2 is 2.09 bits per heavy atom. The molecule has 0 spiro atoms. The van der Waals surface area contributed by atoms with Gasteiger partial charge >= 0.3 is 11.6 Å². The van der Waals surface area contributed by atoms with Crippen LogP contribution >= 0.6 is 0 Å². The second-order valence-corrected chi connectivity index (χ2v) is 9.31. The molecule has 1 fully saturated rings. The molecule has 0 bridgehead atoms. The van der Waals surface area contributed by atoms with E-state index < -0.39 is 17.5 Å². The van der Waals surface area contributed by atoms with Crippen molar-refractivity contribution >= 4 is 22.8 Å². The van der Waals surface area contributed by atoms with Gasteiger partial charge in [-0.25, -0.2) is 4.79 Å². The van der Waals surface area contributed by atoms with Crippen molar-refractivity contribution in [1.82, 2.24) is 4.90 Å². The average Bonchev–Trinajstić information content (AvgIpc) is 2.74. The quantitative estimate of drug-likeness (QED) is 0.724. The maximum atomic E-state index is 12.9. The predicted octanol–water partition coefficient (Wildman–Crippen LogP) is 3.08. The normalized spacial score (nSPS) is 19.9. The molecule has 1 amide bonds. The van der Waals surface area contributed by atoms with Crippen LogP contribution in [0.25, 0.3) is 11.0 Å². The summed E-state index contributed by atoms with van der Waals surface area (Å²) < 4.78 is 17.4. The molecule has 32 heavy (non-hydrogen) atoms. The van der Waals surface area contributed by atoms with E-state index in [-0.39, 0.29) is 30.0 Å². The highest BCUT2D eigenvalue weighted by molar-refractivity contribution is 5.93. The molecule has 172 valence electrons. The van der Waals surface area contributed by atoms with Crippen molar-refractivity contribution in [2.24, 2.45) is 5.92 Å². The van der Waals surface area contributed by atoms with Crippen molar-refractivity contribution in [3.8, 4) is 11.5 Å². The number of likely N-dealkylation sites (tertiary alicyclic amines) is 1. The van der Waals surface area contributed by atoms with Crippen molar-refractivity contribution < 1.29 is 28.6 Å². The minimum absolute atomic E-state index is 0.139. The van der Waals surface area contributed by atoms with Gasteiger partial charge in [0.05, 0.1) is 30.4 Å². The molecule has 1 saturated heterocycles. The molecule has 2 aromatic rings. The summed E-state index contributed by atoms with van der Waals surface area (Å²) >= 11 is 0. The van der Waals surface area contributed by atoms with Crippen LogP contribution in [0.4, 0.5) is 0 Å². The van der Waals surface area contributed by atoms with Gasteiger partial charge in [0.15, 0.2) is 0 Å². The van der Waals surface area contributed by atoms with E-state index in [1.54, 1.807) is 14.0 Å². The number of hydrogen-bond donors (Lipinski definition) is 1. The summed E-state index contributed by atoms with van der Waals surface area (Å²) in [7, 11) is 1.55. The van der Waals surface area contributed by atoms with E-state index in [0.29, 0.717) is 53.8 Å². The fourth-order valence-electron chi connectivity index (χ4n) is 4.72. The minimum Gasteiger partial charge on any atom is -0.496 e. The molecule has 2 aliphatic heterocycles. The summed E-state index contributed by atoms with van der Waals surface area (Å²) in [5.74, 6) is -0.575. The van der Waals surface area contributed by atoms with E-state index in [1.807, 2.05) is 19.9 Å². The molecule has 3 heterocycles. The molecule has 0 saturated carbocycles. The monoisotopic (exact) mass is 443 g/mol. The number of piperidine rings is 1. The van der Waals surface area contributed by atoms with Gasteiger partial charge in [0.2, 0.25) is 5.91 Å². The van der Waals surface area contributed by atoms with Crippen molar-refractivity contribution in [2.45, 2.75) is 58.5 Å². The molecule has 0 unspecified atom stereocenters. The van der Waals surface area contributed by atoms with Crippen LogP contribution in [0.1, 0.15) is 49.8 Å². The molecule has 8 nitrogen and oxygen atoms in total. The second kappa shape index (κ2) is 8.15. The average molecular weight is 443 g/mol. The third kappa shape index (κ3) is 3.94. The number of methoxy groups -OCH3 is 1.